The molecule has 1 aromatic rings. The molecule has 3 amide bonds. The fraction of sp³-hybridized carbons (Fsp3) is 0.600. The van der Waals surface area contributed by atoms with Gasteiger partial charge in [-0.1, -0.05) is 47.8 Å². The minimum atomic E-state index is -1.13. The molecule has 0 spiro atoms. The van der Waals surface area contributed by atoms with Crippen LogP contribution < -0.4 is 16.0 Å². The predicted molar refractivity (Wildman–Crippen MR) is 135 cm³/mol. The van der Waals surface area contributed by atoms with Crippen LogP contribution >= 0.6 is 15.9 Å². The zero-order valence-electron chi connectivity index (χ0n) is 20.1. The summed E-state index contributed by atoms with van der Waals surface area (Å²) in [5.41, 5.74) is 0.781. The Kier molecular flexibility index (Phi) is 10.1. The van der Waals surface area contributed by atoms with Crippen LogP contribution in [0.4, 0.5) is 0 Å². The second-order valence-electron chi connectivity index (χ2n) is 9.27. The first-order chi connectivity index (χ1) is 16.8. The van der Waals surface area contributed by atoms with Crippen LogP contribution in [0.3, 0.4) is 0 Å². The van der Waals surface area contributed by atoms with Gasteiger partial charge in [0.1, 0.15) is 18.1 Å². The molecule has 2 saturated heterocycles. The summed E-state index contributed by atoms with van der Waals surface area (Å²) in [6, 6.07) is 4.40. The highest BCUT2D eigenvalue weighted by Gasteiger charge is 2.39. The van der Waals surface area contributed by atoms with Crippen LogP contribution in [0.15, 0.2) is 28.7 Å². The first-order valence-electron chi connectivity index (χ1n) is 12.4. The molecule has 0 saturated carbocycles. The SMILES string of the molecule is CCCC[C@H](NC(=O)[C@@H]1CCCN1)C(=O)N1CCC[C@H]1C(=O)N[C@@H](Cc1ccc(Br)cc1)C(=O)O. The number of carbonyl (C=O) groups is 4. The summed E-state index contributed by atoms with van der Waals surface area (Å²) in [7, 11) is 0. The third kappa shape index (κ3) is 7.51. The van der Waals surface area contributed by atoms with Crippen molar-refractivity contribution in [1.29, 1.82) is 0 Å². The number of benzene rings is 1. The van der Waals surface area contributed by atoms with Crippen LogP contribution in [-0.4, -0.2) is 71.0 Å². The number of aliphatic carboxylic acids is 1. The summed E-state index contributed by atoms with van der Waals surface area (Å²) in [5, 5.41) is 18.4. The molecule has 3 rings (SSSR count). The summed E-state index contributed by atoms with van der Waals surface area (Å²) >= 11 is 3.35. The Hall–Kier alpha value is -2.46. The van der Waals surface area contributed by atoms with Gasteiger partial charge in [0.25, 0.3) is 0 Å². The van der Waals surface area contributed by atoms with Crippen LogP contribution in [0.5, 0.6) is 0 Å². The van der Waals surface area contributed by atoms with E-state index in [9.17, 15) is 24.3 Å². The van der Waals surface area contributed by atoms with Crippen molar-refractivity contribution in [2.45, 2.75) is 82.5 Å². The molecular weight excluding hydrogens is 516 g/mol. The van der Waals surface area contributed by atoms with E-state index in [1.54, 1.807) is 12.1 Å². The highest BCUT2D eigenvalue weighted by molar-refractivity contribution is 9.10. The maximum Gasteiger partial charge on any atom is 0.326 e. The number of carboxylic acids is 1. The fourth-order valence-corrected chi connectivity index (χ4v) is 4.94. The molecule has 2 fully saturated rings. The minimum Gasteiger partial charge on any atom is -0.480 e. The lowest BCUT2D eigenvalue weighted by Gasteiger charge is -2.30. The van der Waals surface area contributed by atoms with E-state index in [0.29, 0.717) is 25.8 Å². The second kappa shape index (κ2) is 13.0. The molecule has 0 bridgehead atoms. The van der Waals surface area contributed by atoms with Crippen molar-refractivity contribution in [3.63, 3.8) is 0 Å². The van der Waals surface area contributed by atoms with E-state index in [1.807, 2.05) is 19.1 Å². The van der Waals surface area contributed by atoms with Gasteiger partial charge >= 0.3 is 5.97 Å². The number of carbonyl (C=O) groups excluding carboxylic acids is 3. The van der Waals surface area contributed by atoms with E-state index in [4.69, 9.17) is 0 Å². The third-order valence-corrected chi connectivity index (χ3v) is 7.17. The average Bonchev–Trinajstić information content (AvgIpc) is 3.54. The number of amides is 3. The zero-order chi connectivity index (χ0) is 25.4. The lowest BCUT2D eigenvalue weighted by Crippen LogP contribution is -2.56. The van der Waals surface area contributed by atoms with Crippen molar-refractivity contribution >= 4 is 39.6 Å². The third-order valence-electron chi connectivity index (χ3n) is 6.64. The van der Waals surface area contributed by atoms with Crippen molar-refractivity contribution in [3.05, 3.63) is 34.3 Å². The molecule has 0 aliphatic carbocycles. The highest BCUT2D eigenvalue weighted by Crippen LogP contribution is 2.21. The maximum atomic E-state index is 13.4. The van der Waals surface area contributed by atoms with Gasteiger partial charge in [-0.2, -0.15) is 0 Å². The van der Waals surface area contributed by atoms with Crippen LogP contribution in [0.2, 0.25) is 0 Å². The molecule has 2 aliphatic rings. The molecule has 9 nitrogen and oxygen atoms in total. The molecule has 0 unspecified atom stereocenters. The summed E-state index contributed by atoms with van der Waals surface area (Å²) in [4.78, 5) is 52.6. The van der Waals surface area contributed by atoms with Gasteiger partial charge in [-0.3, -0.25) is 14.4 Å². The molecular formula is C25H35BrN4O5. The number of nitrogens with one attached hydrogen (secondary N) is 3. The van der Waals surface area contributed by atoms with E-state index in [1.165, 1.54) is 4.90 Å². The standard InChI is InChI=1S/C25H35BrN4O5/c1-2-3-6-19(28-22(31)18-7-4-13-27-18)24(33)30-14-5-8-21(30)23(32)29-20(25(34)35)15-16-9-11-17(26)12-10-16/h9-12,18-21,27H,2-8,13-15H2,1H3,(H,28,31)(H,29,32)(H,34,35)/t18-,19-,20-,21-/m0/s1. The molecule has 1 aromatic carbocycles. The first kappa shape index (κ1) is 27.1. The van der Waals surface area contributed by atoms with Gasteiger partial charge < -0.3 is 26.0 Å². The van der Waals surface area contributed by atoms with Crippen LogP contribution in [0.1, 0.15) is 57.4 Å². The van der Waals surface area contributed by atoms with E-state index < -0.39 is 30.0 Å². The number of carboxylic acid groups (broad SMARTS) is 1. The number of halogens is 1. The van der Waals surface area contributed by atoms with Gasteiger partial charge in [-0.25, -0.2) is 4.79 Å². The molecule has 192 valence electrons. The molecule has 4 atom stereocenters. The number of hydrogen-bond donors (Lipinski definition) is 4. The summed E-state index contributed by atoms with van der Waals surface area (Å²) in [6.45, 7) is 3.21. The molecule has 2 aliphatic heterocycles. The fourth-order valence-electron chi connectivity index (χ4n) is 4.67. The predicted octanol–water partition coefficient (Wildman–Crippen LogP) is 1.98. The average molecular weight is 551 g/mol. The number of hydrogen-bond acceptors (Lipinski definition) is 5. The number of rotatable bonds is 11. The topological polar surface area (TPSA) is 128 Å². The summed E-state index contributed by atoms with van der Waals surface area (Å²) in [6.07, 6.45) is 5.05. The minimum absolute atomic E-state index is 0.137. The summed E-state index contributed by atoms with van der Waals surface area (Å²) in [5.74, 6) is -2.06. The molecule has 0 aromatic heterocycles. The number of unbranched alkanes of at least 4 members (excludes halogenated alkanes) is 1. The van der Waals surface area contributed by atoms with Gasteiger partial charge in [0.05, 0.1) is 6.04 Å². The molecule has 0 radical (unpaired) electrons. The Morgan fingerprint density at radius 2 is 1.80 bits per heavy atom. The van der Waals surface area contributed by atoms with Gasteiger partial charge in [-0.05, 0) is 56.3 Å². The smallest absolute Gasteiger partial charge is 0.326 e. The van der Waals surface area contributed by atoms with Crippen molar-refractivity contribution < 1.29 is 24.3 Å². The Bertz CT molecular complexity index is 904. The molecule has 2 heterocycles. The van der Waals surface area contributed by atoms with E-state index in [-0.39, 0.29) is 24.3 Å². The highest BCUT2D eigenvalue weighted by atomic mass is 79.9. The monoisotopic (exact) mass is 550 g/mol. The molecule has 10 heteroatoms. The van der Waals surface area contributed by atoms with Crippen LogP contribution in [-0.2, 0) is 25.6 Å². The van der Waals surface area contributed by atoms with Crippen molar-refractivity contribution in [3.8, 4) is 0 Å². The van der Waals surface area contributed by atoms with Crippen molar-refractivity contribution in [1.82, 2.24) is 20.9 Å². The zero-order valence-corrected chi connectivity index (χ0v) is 21.7. The Labute approximate surface area is 214 Å². The maximum absolute atomic E-state index is 13.4. The Morgan fingerprint density at radius 1 is 1.09 bits per heavy atom. The molecule has 4 N–H and O–H groups in total. The number of likely N-dealkylation sites (tertiary alicyclic amines) is 1. The van der Waals surface area contributed by atoms with Crippen LogP contribution in [0.25, 0.3) is 0 Å². The second-order valence-corrected chi connectivity index (χ2v) is 10.2. The van der Waals surface area contributed by atoms with E-state index in [2.05, 4.69) is 31.9 Å². The van der Waals surface area contributed by atoms with Gasteiger partial charge in [0.15, 0.2) is 0 Å². The Morgan fingerprint density at radius 3 is 2.43 bits per heavy atom. The summed E-state index contributed by atoms with van der Waals surface area (Å²) < 4.78 is 0.880. The number of nitrogens with zero attached hydrogens (tertiary/aromatic N) is 1. The van der Waals surface area contributed by atoms with Crippen LogP contribution in [0, 0.1) is 0 Å². The van der Waals surface area contributed by atoms with Gasteiger partial charge in [0, 0.05) is 17.4 Å². The van der Waals surface area contributed by atoms with Gasteiger partial charge in [0.2, 0.25) is 17.7 Å². The van der Waals surface area contributed by atoms with Crippen molar-refractivity contribution in [2.24, 2.45) is 0 Å². The quantitative estimate of drug-likeness (QED) is 0.333. The van der Waals surface area contributed by atoms with E-state index >= 15 is 0 Å². The molecule has 35 heavy (non-hydrogen) atoms. The first-order valence-corrected chi connectivity index (χ1v) is 13.2. The lowest BCUT2D eigenvalue weighted by molar-refractivity contribution is -0.145. The van der Waals surface area contributed by atoms with Crippen molar-refractivity contribution in [2.75, 3.05) is 13.1 Å². The normalized spacial score (nSPS) is 21.4. The largest absolute Gasteiger partial charge is 0.480 e. The van der Waals surface area contributed by atoms with E-state index in [0.717, 1.165) is 42.3 Å². The van der Waals surface area contributed by atoms with Gasteiger partial charge in [-0.15, -0.1) is 0 Å². The Balaban J connectivity index is 1.66. The lowest BCUT2D eigenvalue weighted by atomic mass is 10.0.